The highest BCUT2D eigenvalue weighted by molar-refractivity contribution is 7.89. The summed E-state index contributed by atoms with van der Waals surface area (Å²) in [6.07, 6.45) is -0.350. The first-order valence-electron chi connectivity index (χ1n) is 6.44. The molecule has 1 unspecified atom stereocenters. The number of aliphatic carboxylic acids is 1. The van der Waals surface area contributed by atoms with Gasteiger partial charge in [-0.15, -0.1) is 0 Å². The highest BCUT2D eigenvalue weighted by Gasteiger charge is 2.31. The van der Waals surface area contributed by atoms with Crippen LogP contribution in [0.2, 0.25) is 0 Å². The van der Waals surface area contributed by atoms with Gasteiger partial charge in [0, 0.05) is 6.04 Å². The zero-order valence-corrected chi connectivity index (χ0v) is 13.3. The van der Waals surface area contributed by atoms with Crippen LogP contribution in [0, 0.1) is 18.2 Å². The van der Waals surface area contributed by atoms with Crippen molar-refractivity contribution < 1.29 is 22.7 Å². The second-order valence-electron chi connectivity index (χ2n) is 6.05. The minimum absolute atomic E-state index is 0.217. The molecule has 0 spiro atoms. The molecule has 1 aromatic carbocycles. The average Bonchev–Trinajstić information content (AvgIpc) is 2.29. The summed E-state index contributed by atoms with van der Waals surface area (Å²) in [4.78, 5) is 10.7. The number of hydrogen-bond donors (Lipinski definition) is 2. The van der Waals surface area contributed by atoms with Gasteiger partial charge in [0.15, 0.2) is 0 Å². The van der Waals surface area contributed by atoms with Crippen LogP contribution in [-0.2, 0) is 14.8 Å². The quantitative estimate of drug-likeness (QED) is 0.873. The molecule has 0 bridgehead atoms. The number of carboxylic acids is 1. The maximum absolute atomic E-state index is 13.5. The predicted octanol–water partition coefficient (Wildman–Crippen LogP) is 2.30. The molecule has 5 nitrogen and oxygen atoms in total. The van der Waals surface area contributed by atoms with Crippen molar-refractivity contribution in [1.82, 2.24) is 4.72 Å². The van der Waals surface area contributed by atoms with E-state index in [1.807, 2.05) is 0 Å². The molecular weight excluding hydrogens is 297 g/mol. The summed E-state index contributed by atoms with van der Waals surface area (Å²) in [5, 5.41) is 8.90. The SMILES string of the molecule is Cc1ccc(S(=O)(=O)NC(CC(=O)O)C(C)(C)C)cc1F. The number of nitrogens with one attached hydrogen (secondary N) is 1. The Morgan fingerprint density at radius 2 is 1.95 bits per heavy atom. The molecular formula is C14H20FNO4S. The first-order valence-corrected chi connectivity index (χ1v) is 7.92. The number of carbonyl (C=O) groups is 1. The van der Waals surface area contributed by atoms with Gasteiger partial charge in [-0.25, -0.2) is 17.5 Å². The monoisotopic (exact) mass is 317 g/mol. The van der Waals surface area contributed by atoms with Crippen molar-refractivity contribution in [3.05, 3.63) is 29.6 Å². The van der Waals surface area contributed by atoms with E-state index in [0.29, 0.717) is 5.56 Å². The van der Waals surface area contributed by atoms with E-state index in [-0.39, 0.29) is 11.3 Å². The minimum atomic E-state index is -3.98. The van der Waals surface area contributed by atoms with Gasteiger partial charge in [-0.3, -0.25) is 4.79 Å². The molecule has 0 radical (unpaired) electrons. The lowest BCUT2D eigenvalue weighted by atomic mass is 9.85. The molecule has 1 aromatic rings. The smallest absolute Gasteiger partial charge is 0.304 e. The number of benzene rings is 1. The molecule has 0 aliphatic carbocycles. The topological polar surface area (TPSA) is 83.5 Å². The van der Waals surface area contributed by atoms with E-state index in [9.17, 15) is 17.6 Å². The predicted molar refractivity (Wildman–Crippen MR) is 77.0 cm³/mol. The third-order valence-corrected chi connectivity index (χ3v) is 4.64. The van der Waals surface area contributed by atoms with Gasteiger partial charge in [0.25, 0.3) is 0 Å². The Bertz CT molecular complexity index is 635. The van der Waals surface area contributed by atoms with E-state index in [4.69, 9.17) is 5.11 Å². The maximum Gasteiger partial charge on any atom is 0.304 e. The lowest BCUT2D eigenvalue weighted by Gasteiger charge is -2.30. The van der Waals surface area contributed by atoms with Gasteiger partial charge in [-0.05, 0) is 30.0 Å². The van der Waals surface area contributed by atoms with Crippen molar-refractivity contribution in [3.63, 3.8) is 0 Å². The van der Waals surface area contributed by atoms with Gasteiger partial charge in [-0.2, -0.15) is 0 Å². The Balaban J connectivity index is 3.11. The van der Waals surface area contributed by atoms with Crippen molar-refractivity contribution >= 4 is 16.0 Å². The van der Waals surface area contributed by atoms with E-state index in [1.54, 1.807) is 20.8 Å². The highest BCUT2D eigenvalue weighted by atomic mass is 32.2. The fourth-order valence-electron chi connectivity index (χ4n) is 1.70. The van der Waals surface area contributed by atoms with Crippen molar-refractivity contribution in [1.29, 1.82) is 0 Å². The van der Waals surface area contributed by atoms with Crippen LogP contribution in [0.5, 0.6) is 0 Å². The average molecular weight is 317 g/mol. The molecule has 0 amide bonds. The summed E-state index contributed by atoms with van der Waals surface area (Å²) in [5.41, 5.74) is -0.249. The van der Waals surface area contributed by atoms with E-state index in [2.05, 4.69) is 4.72 Å². The van der Waals surface area contributed by atoms with Crippen LogP contribution in [0.4, 0.5) is 4.39 Å². The number of sulfonamides is 1. The van der Waals surface area contributed by atoms with Crippen LogP contribution < -0.4 is 4.72 Å². The highest BCUT2D eigenvalue weighted by Crippen LogP contribution is 2.24. The van der Waals surface area contributed by atoms with Crippen LogP contribution in [-0.4, -0.2) is 25.5 Å². The Hall–Kier alpha value is -1.47. The largest absolute Gasteiger partial charge is 0.481 e. The molecule has 0 saturated carbocycles. The molecule has 0 aliphatic heterocycles. The molecule has 1 rings (SSSR count). The van der Waals surface area contributed by atoms with Crippen LogP contribution >= 0.6 is 0 Å². The fourth-order valence-corrected chi connectivity index (χ4v) is 3.15. The van der Waals surface area contributed by atoms with E-state index in [1.165, 1.54) is 19.1 Å². The second-order valence-corrected chi connectivity index (χ2v) is 7.76. The first-order chi connectivity index (χ1) is 9.43. The van der Waals surface area contributed by atoms with Gasteiger partial charge in [0.05, 0.1) is 11.3 Å². The van der Waals surface area contributed by atoms with Crippen LogP contribution in [0.1, 0.15) is 32.8 Å². The van der Waals surface area contributed by atoms with E-state index in [0.717, 1.165) is 6.07 Å². The van der Waals surface area contributed by atoms with Gasteiger partial charge in [-0.1, -0.05) is 26.8 Å². The molecule has 2 N–H and O–H groups in total. The summed E-state index contributed by atoms with van der Waals surface area (Å²) in [6, 6.07) is 2.79. The molecule has 0 heterocycles. The molecule has 1 atom stereocenters. The van der Waals surface area contributed by atoms with Crippen molar-refractivity contribution in [3.8, 4) is 0 Å². The zero-order chi connectivity index (χ0) is 16.4. The molecule has 7 heteroatoms. The molecule has 0 fully saturated rings. The fraction of sp³-hybridized carbons (Fsp3) is 0.500. The number of carboxylic acid groups (broad SMARTS) is 1. The third-order valence-electron chi connectivity index (χ3n) is 3.18. The lowest BCUT2D eigenvalue weighted by molar-refractivity contribution is -0.138. The molecule has 118 valence electrons. The van der Waals surface area contributed by atoms with E-state index >= 15 is 0 Å². The third kappa shape index (κ3) is 4.78. The Morgan fingerprint density at radius 1 is 1.38 bits per heavy atom. The van der Waals surface area contributed by atoms with Crippen molar-refractivity contribution in [2.75, 3.05) is 0 Å². The van der Waals surface area contributed by atoms with Crippen molar-refractivity contribution in [2.24, 2.45) is 5.41 Å². The number of aryl methyl sites for hydroxylation is 1. The Morgan fingerprint density at radius 3 is 2.38 bits per heavy atom. The van der Waals surface area contributed by atoms with Crippen LogP contribution in [0.3, 0.4) is 0 Å². The van der Waals surface area contributed by atoms with Crippen molar-refractivity contribution in [2.45, 2.75) is 45.1 Å². The second kappa shape index (κ2) is 6.11. The molecule has 0 aliphatic rings. The molecule has 0 saturated heterocycles. The maximum atomic E-state index is 13.5. The van der Waals surface area contributed by atoms with Gasteiger partial charge < -0.3 is 5.11 Å². The van der Waals surface area contributed by atoms with Gasteiger partial charge >= 0.3 is 5.97 Å². The normalized spacial score (nSPS) is 14.0. The summed E-state index contributed by atoms with van der Waals surface area (Å²) in [7, 11) is -3.98. The number of hydrogen-bond acceptors (Lipinski definition) is 3. The minimum Gasteiger partial charge on any atom is -0.481 e. The molecule has 21 heavy (non-hydrogen) atoms. The summed E-state index contributed by atoms with van der Waals surface area (Å²) < 4.78 is 40.4. The lowest BCUT2D eigenvalue weighted by Crippen LogP contribution is -2.44. The molecule has 0 aromatic heterocycles. The number of rotatable bonds is 5. The number of halogens is 1. The zero-order valence-electron chi connectivity index (χ0n) is 12.5. The Kier molecular flexibility index (Phi) is 5.11. The summed E-state index contributed by atoms with van der Waals surface area (Å²) in [6.45, 7) is 6.73. The van der Waals surface area contributed by atoms with E-state index < -0.39 is 33.3 Å². The standard InChI is InChI=1S/C14H20FNO4S/c1-9-5-6-10(7-11(9)15)21(19,20)16-12(8-13(17)18)14(2,3)4/h5-7,12,16H,8H2,1-4H3,(H,17,18). The van der Waals surface area contributed by atoms with Crippen LogP contribution in [0.25, 0.3) is 0 Å². The summed E-state index contributed by atoms with van der Waals surface area (Å²) in [5.74, 6) is -1.73. The Labute approximate surface area is 124 Å². The van der Waals surface area contributed by atoms with Crippen LogP contribution in [0.15, 0.2) is 23.1 Å². The van der Waals surface area contributed by atoms with Gasteiger partial charge in [0.1, 0.15) is 5.82 Å². The summed E-state index contributed by atoms with van der Waals surface area (Å²) >= 11 is 0. The van der Waals surface area contributed by atoms with Gasteiger partial charge in [0.2, 0.25) is 10.0 Å². The first kappa shape index (κ1) is 17.6.